The van der Waals surface area contributed by atoms with Crippen molar-refractivity contribution in [3.8, 4) is 11.3 Å². The van der Waals surface area contributed by atoms with Crippen molar-refractivity contribution in [2.75, 3.05) is 44.3 Å². The molecule has 8 heteroatoms. The highest BCUT2D eigenvalue weighted by Crippen LogP contribution is 2.38. The third-order valence-corrected chi connectivity index (χ3v) is 6.76. The van der Waals surface area contributed by atoms with Gasteiger partial charge in [0.1, 0.15) is 11.0 Å². The van der Waals surface area contributed by atoms with Crippen LogP contribution in [-0.4, -0.2) is 67.1 Å². The van der Waals surface area contributed by atoms with Crippen LogP contribution in [0.25, 0.3) is 11.3 Å². The van der Waals surface area contributed by atoms with Gasteiger partial charge in [0.05, 0.1) is 23.8 Å². The lowest BCUT2D eigenvalue weighted by Crippen LogP contribution is -2.48. The second-order valence-electron chi connectivity index (χ2n) is 7.72. The van der Waals surface area contributed by atoms with Crippen LogP contribution in [0.5, 0.6) is 0 Å². The number of thiophene rings is 1. The van der Waals surface area contributed by atoms with Crippen LogP contribution in [0.1, 0.15) is 35.9 Å². The van der Waals surface area contributed by atoms with Crippen molar-refractivity contribution in [2.24, 2.45) is 0 Å². The molecule has 7 nitrogen and oxygen atoms in total. The smallest absolute Gasteiger partial charge is 0.262 e. The molecule has 0 spiro atoms. The van der Waals surface area contributed by atoms with Gasteiger partial charge in [0, 0.05) is 37.9 Å². The second-order valence-corrected chi connectivity index (χ2v) is 8.76. The summed E-state index contributed by atoms with van der Waals surface area (Å²) in [7, 11) is 0. The second kappa shape index (κ2) is 9.57. The fourth-order valence-corrected chi connectivity index (χ4v) is 5.04. The highest BCUT2D eigenvalue weighted by molar-refractivity contribution is 7.18. The molecule has 4 heterocycles. The van der Waals surface area contributed by atoms with Crippen LogP contribution in [-0.2, 0) is 9.53 Å². The monoisotopic (exact) mass is 428 g/mol. The van der Waals surface area contributed by atoms with E-state index in [0.717, 1.165) is 55.3 Å². The topological polar surface area (TPSA) is 74.8 Å². The Hall–Kier alpha value is -2.45. The van der Waals surface area contributed by atoms with E-state index < -0.39 is 6.04 Å². The van der Waals surface area contributed by atoms with Crippen molar-refractivity contribution in [3.05, 3.63) is 35.3 Å². The van der Waals surface area contributed by atoms with Gasteiger partial charge in [-0.2, -0.15) is 0 Å². The molecule has 2 aromatic rings. The Morgan fingerprint density at radius 3 is 2.60 bits per heavy atom. The Kier molecular flexibility index (Phi) is 6.64. The number of rotatable bonds is 5. The third-order valence-electron chi connectivity index (χ3n) is 5.56. The maximum absolute atomic E-state index is 13.0. The number of piperidine rings is 1. The zero-order valence-corrected chi connectivity index (χ0v) is 18.1. The van der Waals surface area contributed by atoms with Crippen molar-refractivity contribution in [3.63, 3.8) is 0 Å². The summed E-state index contributed by atoms with van der Waals surface area (Å²) in [5, 5.41) is 3.93. The van der Waals surface area contributed by atoms with Gasteiger partial charge >= 0.3 is 0 Å². The summed E-state index contributed by atoms with van der Waals surface area (Å²) in [4.78, 5) is 34.9. The minimum Gasteiger partial charge on any atom is -0.378 e. The van der Waals surface area contributed by atoms with Gasteiger partial charge in [0.2, 0.25) is 5.91 Å². The number of pyridine rings is 1. The van der Waals surface area contributed by atoms with E-state index in [1.54, 1.807) is 13.1 Å². The van der Waals surface area contributed by atoms with Crippen LogP contribution in [0.2, 0.25) is 0 Å². The minimum absolute atomic E-state index is 0.00189. The van der Waals surface area contributed by atoms with E-state index in [1.165, 1.54) is 17.8 Å². The SMILES string of the molecule is CC(NC(=O)c1cc(-c2ccccn2)c(N2CCOCC2)s1)C(=O)N1CCCCC1. The molecule has 0 aromatic carbocycles. The maximum atomic E-state index is 13.0. The largest absolute Gasteiger partial charge is 0.378 e. The fraction of sp³-hybridized carbons (Fsp3) is 0.500. The minimum atomic E-state index is -0.539. The van der Waals surface area contributed by atoms with Crippen molar-refractivity contribution < 1.29 is 14.3 Å². The molecule has 1 unspecified atom stereocenters. The number of carbonyl (C=O) groups is 2. The number of aromatic nitrogens is 1. The van der Waals surface area contributed by atoms with Gasteiger partial charge in [-0.1, -0.05) is 6.07 Å². The summed E-state index contributed by atoms with van der Waals surface area (Å²) in [5.74, 6) is -0.215. The Labute approximate surface area is 181 Å². The average molecular weight is 429 g/mol. The number of nitrogens with zero attached hydrogens (tertiary/aromatic N) is 3. The summed E-state index contributed by atoms with van der Waals surface area (Å²) in [6, 6.07) is 7.14. The lowest BCUT2D eigenvalue weighted by Gasteiger charge is -2.29. The third kappa shape index (κ3) is 4.65. The molecule has 2 fully saturated rings. The predicted octanol–water partition coefficient (Wildman–Crippen LogP) is 2.78. The normalized spacial score (nSPS) is 18.2. The van der Waals surface area contributed by atoms with E-state index in [-0.39, 0.29) is 11.8 Å². The molecule has 2 aromatic heterocycles. The average Bonchev–Trinajstić information content (AvgIpc) is 3.26. The number of hydrogen-bond donors (Lipinski definition) is 1. The molecule has 0 radical (unpaired) electrons. The number of nitrogens with one attached hydrogen (secondary N) is 1. The summed E-state index contributed by atoms with van der Waals surface area (Å²) >= 11 is 1.45. The van der Waals surface area contributed by atoms with Gasteiger partial charge in [-0.3, -0.25) is 14.6 Å². The Balaban J connectivity index is 1.53. The maximum Gasteiger partial charge on any atom is 0.262 e. The van der Waals surface area contributed by atoms with Gasteiger partial charge in [0.25, 0.3) is 5.91 Å². The zero-order valence-electron chi connectivity index (χ0n) is 17.3. The summed E-state index contributed by atoms with van der Waals surface area (Å²) in [6.45, 7) is 6.23. The Morgan fingerprint density at radius 1 is 1.13 bits per heavy atom. The zero-order chi connectivity index (χ0) is 20.9. The molecular formula is C22H28N4O3S. The van der Waals surface area contributed by atoms with Crippen LogP contribution >= 0.6 is 11.3 Å². The van der Waals surface area contributed by atoms with E-state index in [0.29, 0.717) is 18.1 Å². The molecule has 2 aliphatic heterocycles. The molecule has 30 heavy (non-hydrogen) atoms. The number of ether oxygens (including phenoxy) is 1. The molecule has 1 N–H and O–H groups in total. The summed E-state index contributed by atoms with van der Waals surface area (Å²) < 4.78 is 5.48. The number of likely N-dealkylation sites (tertiary alicyclic amines) is 1. The highest BCUT2D eigenvalue weighted by Gasteiger charge is 2.26. The molecule has 2 saturated heterocycles. The van der Waals surface area contributed by atoms with Crippen molar-refractivity contribution >= 4 is 28.2 Å². The van der Waals surface area contributed by atoms with E-state index >= 15 is 0 Å². The quantitative estimate of drug-likeness (QED) is 0.793. The van der Waals surface area contributed by atoms with E-state index in [9.17, 15) is 9.59 Å². The van der Waals surface area contributed by atoms with Gasteiger partial charge in [-0.15, -0.1) is 11.3 Å². The molecule has 2 aliphatic rings. The number of anilines is 1. The predicted molar refractivity (Wildman–Crippen MR) is 118 cm³/mol. The highest BCUT2D eigenvalue weighted by atomic mass is 32.1. The number of hydrogen-bond acceptors (Lipinski definition) is 6. The molecule has 0 bridgehead atoms. The fourth-order valence-electron chi connectivity index (χ4n) is 3.92. The van der Waals surface area contributed by atoms with Crippen molar-refractivity contribution in [1.82, 2.24) is 15.2 Å². The summed E-state index contributed by atoms with van der Waals surface area (Å²) in [6.07, 6.45) is 5.00. The molecule has 160 valence electrons. The molecule has 2 amide bonds. The number of carbonyl (C=O) groups excluding carboxylic acids is 2. The summed E-state index contributed by atoms with van der Waals surface area (Å²) in [5.41, 5.74) is 1.79. The number of amides is 2. The standard InChI is InChI=1S/C22H28N4O3S/c1-16(21(28)25-9-5-2-6-10-25)24-20(27)19-15-17(18-7-3-4-8-23-18)22(30-19)26-11-13-29-14-12-26/h3-4,7-8,15-16H,2,5-6,9-14H2,1H3,(H,24,27). The van der Waals surface area contributed by atoms with Crippen molar-refractivity contribution in [1.29, 1.82) is 0 Å². The molecular weight excluding hydrogens is 400 g/mol. The van der Waals surface area contributed by atoms with E-state index in [4.69, 9.17) is 4.74 Å². The van der Waals surface area contributed by atoms with Crippen LogP contribution in [0.15, 0.2) is 30.5 Å². The first-order valence-electron chi connectivity index (χ1n) is 10.6. The number of morpholine rings is 1. The van der Waals surface area contributed by atoms with E-state index in [1.807, 2.05) is 29.2 Å². The lowest BCUT2D eigenvalue weighted by atomic mass is 10.1. The molecule has 4 rings (SSSR count). The van der Waals surface area contributed by atoms with Crippen LogP contribution in [0.3, 0.4) is 0 Å². The van der Waals surface area contributed by atoms with Gasteiger partial charge in [0.15, 0.2) is 0 Å². The van der Waals surface area contributed by atoms with Crippen molar-refractivity contribution in [2.45, 2.75) is 32.2 Å². The lowest BCUT2D eigenvalue weighted by molar-refractivity contribution is -0.133. The Bertz CT molecular complexity index is 874. The molecule has 0 saturated carbocycles. The van der Waals surface area contributed by atoms with Crippen LogP contribution < -0.4 is 10.2 Å². The van der Waals surface area contributed by atoms with Gasteiger partial charge < -0.3 is 19.9 Å². The first-order chi connectivity index (χ1) is 14.6. The first kappa shape index (κ1) is 20.8. The van der Waals surface area contributed by atoms with Crippen LogP contribution in [0.4, 0.5) is 5.00 Å². The van der Waals surface area contributed by atoms with Gasteiger partial charge in [-0.25, -0.2) is 0 Å². The molecule has 0 aliphatic carbocycles. The first-order valence-corrected chi connectivity index (χ1v) is 11.4. The molecule has 1 atom stereocenters. The van der Waals surface area contributed by atoms with E-state index in [2.05, 4.69) is 15.2 Å². The van der Waals surface area contributed by atoms with Gasteiger partial charge in [-0.05, 0) is 44.4 Å². The van der Waals surface area contributed by atoms with Crippen LogP contribution in [0, 0.1) is 0 Å². The Morgan fingerprint density at radius 2 is 1.90 bits per heavy atom.